The van der Waals surface area contributed by atoms with Gasteiger partial charge >= 0.3 is 0 Å². The Kier molecular flexibility index (Phi) is 4.01. The van der Waals surface area contributed by atoms with E-state index < -0.39 is 5.60 Å². The Morgan fingerprint density at radius 1 is 1.50 bits per heavy atom. The van der Waals surface area contributed by atoms with Crippen molar-refractivity contribution in [2.75, 3.05) is 0 Å². The number of rotatable bonds is 4. The molecule has 0 amide bonds. The second-order valence-corrected chi connectivity index (χ2v) is 6.23. The van der Waals surface area contributed by atoms with E-state index in [2.05, 4.69) is 39.0 Å². The molecule has 1 atom stereocenters. The van der Waals surface area contributed by atoms with Crippen LogP contribution in [0.2, 0.25) is 0 Å². The molecule has 1 N–H and O–H groups in total. The minimum Gasteiger partial charge on any atom is -0.390 e. The first-order chi connectivity index (χ1) is 7.23. The standard InChI is InChI=1S/C15H26O/c1-12-9-10-13(15(12,4)5)8-6-7-11-14(2,3)16/h6,8-9,13,16H,7,10-11H2,1-5H3. The van der Waals surface area contributed by atoms with Gasteiger partial charge in [-0.3, -0.25) is 0 Å². The van der Waals surface area contributed by atoms with Crippen LogP contribution in [-0.2, 0) is 0 Å². The van der Waals surface area contributed by atoms with Gasteiger partial charge in [0.2, 0.25) is 0 Å². The van der Waals surface area contributed by atoms with Gasteiger partial charge in [-0.2, -0.15) is 0 Å². The monoisotopic (exact) mass is 222 g/mol. The quantitative estimate of drug-likeness (QED) is 0.710. The molecule has 0 aromatic rings. The third-order valence-corrected chi connectivity index (χ3v) is 3.91. The third kappa shape index (κ3) is 3.48. The third-order valence-electron chi connectivity index (χ3n) is 3.91. The lowest BCUT2D eigenvalue weighted by molar-refractivity contribution is 0.0721. The largest absolute Gasteiger partial charge is 0.390 e. The van der Waals surface area contributed by atoms with Crippen molar-refractivity contribution in [2.24, 2.45) is 11.3 Å². The van der Waals surface area contributed by atoms with E-state index >= 15 is 0 Å². The molecular formula is C15H26O. The summed E-state index contributed by atoms with van der Waals surface area (Å²) in [6, 6.07) is 0. The van der Waals surface area contributed by atoms with Crippen LogP contribution in [0.4, 0.5) is 0 Å². The Labute approximate surface area is 100 Å². The molecule has 0 saturated carbocycles. The average molecular weight is 222 g/mol. The zero-order valence-electron chi connectivity index (χ0n) is 11.4. The van der Waals surface area contributed by atoms with Crippen molar-refractivity contribution in [3.8, 4) is 0 Å². The first kappa shape index (κ1) is 13.5. The molecule has 0 bridgehead atoms. The summed E-state index contributed by atoms with van der Waals surface area (Å²) in [7, 11) is 0. The molecule has 1 unspecified atom stereocenters. The first-order valence-corrected chi connectivity index (χ1v) is 6.30. The lowest BCUT2D eigenvalue weighted by Gasteiger charge is -2.27. The SMILES string of the molecule is CC1=CCC(C=CCCC(C)(C)O)C1(C)C. The maximum Gasteiger partial charge on any atom is 0.0594 e. The van der Waals surface area contributed by atoms with Crippen LogP contribution in [0.1, 0.15) is 53.9 Å². The maximum atomic E-state index is 9.61. The summed E-state index contributed by atoms with van der Waals surface area (Å²) in [5, 5.41) is 9.61. The fraction of sp³-hybridized carbons (Fsp3) is 0.733. The molecule has 0 fully saturated rings. The molecule has 92 valence electrons. The lowest BCUT2D eigenvalue weighted by atomic mass is 9.77. The zero-order chi connectivity index (χ0) is 12.4. The Balaban J connectivity index is 2.42. The van der Waals surface area contributed by atoms with E-state index in [4.69, 9.17) is 0 Å². The molecule has 0 heterocycles. The molecule has 16 heavy (non-hydrogen) atoms. The van der Waals surface area contributed by atoms with E-state index in [1.54, 1.807) is 0 Å². The van der Waals surface area contributed by atoms with Crippen molar-refractivity contribution >= 4 is 0 Å². The Morgan fingerprint density at radius 3 is 2.56 bits per heavy atom. The number of aliphatic hydroxyl groups is 1. The number of hydrogen-bond donors (Lipinski definition) is 1. The van der Waals surface area contributed by atoms with Gasteiger partial charge in [-0.15, -0.1) is 0 Å². The van der Waals surface area contributed by atoms with Gasteiger partial charge in [0, 0.05) is 0 Å². The van der Waals surface area contributed by atoms with E-state index in [-0.39, 0.29) is 0 Å². The van der Waals surface area contributed by atoms with Crippen LogP contribution in [0, 0.1) is 11.3 Å². The van der Waals surface area contributed by atoms with Gasteiger partial charge in [-0.25, -0.2) is 0 Å². The summed E-state index contributed by atoms with van der Waals surface area (Å²) in [4.78, 5) is 0. The summed E-state index contributed by atoms with van der Waals surface area (Å²) in [5.74, 6) is 0.634. The van der Waals surface area contributed by atoms with E-state index in [0.717, 1.165) is 19.3 Å². The predicted molar refractivity (Wildman–Crippen MR) is 70.3 cm³/mol. The van der Waals surface area contributed by atoms with Crippen LogP contribution in [0.5, 0.6) is 0 Å². The highest BCUT2D eigenvalue weighted by Gasteiger charge is 2.32. The number of allylic oxidation sites excluding steroid dienone is 4. The molecule has 0 spiro atoms. The van der Waals surface area contributed by atoms with Gasteiger partial charge in [-0.1, -0.05) is 37.6 Å². The van der Waals surface area contributed by atoms with Gasteiger partial charge < -0.3 is 5.11 Å². The molecule has 1 heteroatoms. The van der Waals surface area contributed by atoms with Gasteiger partial charge in [0.15, 0.2) is 0 Å². The van der Waals surface area contributed by atoms with Crippen molar-refractivity contribution in [1.82, 2.24) is 0 Å². The Hall–Kier alpha value is -0.560. The van der Waals surface area contributed by atoms with Crippen LogP contribution in [0.3, 0.4) is 0 Å². The second-order valence-electron chi connectivity index (χ2n) is 6.23. The molecule has 1 aliphatic carbocycles. The molecule has 0 saturated heterocycles. The fourth-order valence-electron chi connectivity index (χ4n) is 2.17. The van der Waals surface area contributed by atoms with E-state index in [1.807, 2.05) is 13.8 Å². The van der Waals surface area contributed by atoms with E-state index in [0.29, 0.717) is 11.3 Å². The van der Waals surface area contributed by atoms with Crippen LogP contribution in [0.15, 0.2) is 23.8 Å². The van der Waals surface area contributed by atoms with E-state index in [9.17, 15) is 5.11 Å². The molecule has 0 aromatic carbocycles. The van der Waals surface area contributed by atoms with Crippen molar-refractivity contribution in [3.63, 3.8) is 0 Å². The normalized spacial score (nSPS) is 25.1. The summed E-state index contributed by atoms with van der Waals surface area (Å²) in [6.07, 6.45) is 9.89. The van der Waals surface area contributed by atoms with Crippen molar-refractivity contribution in [2.45, 2.75) is 59.5 Å². The zero-order valence-corrected chi connectivity index (χ0v) is 11.4. The van der Waals surface area contributed by atoms with Gasteiger partial charge in [0.1, 0.15) is 0 Å². The van der Waals surface area contributed by atoms with Gasteiger partial charge in [0.25, 0.3) is 0 Å². The molecule has 0 aliphatic heterocycles. The molecule has 1 rings (SSSR count). The fourth-order valence-corrected chi connectivity index (χ4v) is 2.17. The molecule has 1 nitrogen and oxygen atoms in total. The summed E-state index contributed by atoms with van der Waals surface area (Å²) >= 11 is 0. The minimum atomic E-state index is -0.538. The van der Waals surface area contributed by atoms with Crippen molar-refractivity contribution < 1.29 is 5.11 Å². The highest BCUT2D eigenvalue weighted by molar-refractivity contribution is 5.21. The van der Waals surface area contributed by atoms with Crippen molar-refractivity contribution in [3.05, 3.63) is 23.8 Å². The Morgan fingerprint density at radius 2 is 2.12 bits per heavy atom. The van der Waals surface area contributed by atoms with Gasteiger partial charge in [-0.05, 0) is 51.4 Å². The van der Waals surface area contributed by atoms with Crippen LogP contribution >= 0.6 is 0 Å². The summed E-state index contributed by atoms with van der Waals surface area (Å²) in [5.41, 5.74) is 1.28. The van der Waals surface area contributed by atoms with Crippen LogP contribution in [0.25, 0.3) is 0 Å². The second kappa shape index (κ2) is 4.75. The van der Waals surface area contributed by atoms with E-state index in [1.165, 1.54) is 5.57 Å². The summed E-state index contributed by atoms with van der Waals surface area (Å²) in [6.45, 7) is 10.6. The van der Waals surface area contributed by atoms with Crippen LogP contribution in [-0.4, -0.2) is 10.7 Å². The predicted octanol–water partition coefficient (Wildman–Crippen LogP) is 4.09. The lowest BCUT2D eigenvalue weighted by Crippen LogP contribution is -2.19. The highest BCUT2D eigenvalue weighted by Crippen LogP contribution is 2.43. The van der Waals surface area contributed by atoms with Gasteiger partial charge in [0.05, 0.1) is 5.60 Å². The number of hydrogen-bond acceptors (Lipinski definition) is 1. The Bertz CT molecular complexity index is 289. The highest BCUT2D eigenvalue weighted by atomic mass is 16.3. The maximum absolute atomic E-state index is 9.61. The molecular weight excluding hydrogens is 196 g/mol. The summed E-state index contributed by atoms with van der Waals surface area (Å²) < 4.78 is 0. The smallest absolute Gasteiger partial charge is 0.0594 e. The topological polar surface area (TPSA) is 20.2 Å². The molecule has 0 radical (unpaired) electrons. The van der Waals surface area contributed by atoms with Crippen molar-refractivity contribution in [1.29, 1.82) is 0 Å². The molecule has 1 aliphatic rings. The minimum absolute atomic E-state index is 0.311. The average Bonchev–Trinajstić information content (AvgIpc) is 2.36. The first-order valence-electron chi connectivity index (χ1n) is 6.30. The molecule has 0 aromatic heterocycles. The van der Waals surface area contributed by atoms with Crippen LogP contribution < -0.4 is 0 Å².